The first-order chi connectivity index (χ1) is 10.2. The number of hydrazine groups is 1. The maximum atomic E-state index is 11.7. The quantitative estimate of drug-likeness (QED) is 0.616. The minimum Gasteiger partial charge on any atom is -0.390 e. The van der Waals surface area contributed by atoms with Gasteiger partial charge in [0.1, 0.15) is 0 Å². The number of nitrogens with one attached hydrogen (secondary N) is 1. The Balaban J connectivity index is 2.17. The molecule has 0 aromatic heterocycles. The topological polar surface area (TPSA) is 72.9 Å². The van der Waals surface area contributed by atoms with Gasteiger partial charge in [-0.2, -0.15) is 0 Å². The Morgan fingerprint density at radius 1 is 1.27 bits per heavy atom. The summed E-state index contributed by atoms with van der Waals surface area (Å²) in [6.07, 6.45) is -0.954. The van der Waals surface area contributed by atoms with Crippen LogP contribution in [0.25, 0.3) is 0 Å². The summed E-state index contributed by atoms with van der Waals surface area (Å²) in [7, 11) is 0.288. The van der Waals surface area contributed by atoms with Crippen molar-refractivity contribution in [3.63, 3.8) is 0 Å². The van der Waals surface area contributed by atoms with E-state index < -0.39 is 22.0 Å². The summed E-state index contributed by atoms with van der Waals surface area (Å²) >= 11 is 5.40. The van der Waals surface area contributed by atoms with Gasteiger partial charge in [0.25, 0.3) is 0 Å². The molecule has 1 aliphatic rings. The highest BCUT2D eigenvalue weighted by molar-refractivity contribution is 7.91. The summed E-state index contributed by atoms with van der Waals surface area (Å²) in [4.78, 5) is 0. The highest BCUT2D eigenvalue weighted by Gasteiger charge is 2.42. The summed E-state index contributed by atoms with van der Waals surface area (Å²) in [6.45, 7) is 1.99. The Labute approximate surface area is 136 Å². The lowest BCUT2D eigenvalue weighted by Gasteiger charge is -2.37. The van der Waals surface area contributed by atoms with Gasteiger partial charge in [0.2, 0.25) is 0 Å². The molecule has 0 amide bonds. The van der Waals surface area contributed by atoms with Crippen LogP contribution in [0.1, 0.15) is 5.56 Å². The van der Waals surface area contributed by atoms with E-state index in [1.54, 1.807) is 24.1 Å². The Bertz CT molecular complexity index is 644. The molecule has 1 saturated heterocycles. The Morgan fingerprint density at radius 3 is 2.32 bits per heavy atom. The molecular formula is C14H21N3O3S2. The molecule has 1 heterocycles. The number of aliphatic hydroxyl groups excluding tert-OH is 1. The molecule has 22 heavy (non-hydrogen) atoms. The Hall–Kier alpha value is -1.22. The van der Waals surface area contributed by atoms with Gasteiger partial charge in [0, 0.05) is 19.8 Å². The van der Waals surface area contributed by atoms with Gasteiger partial charge in [-0.3, -0.25) is 5.01 Å². The SMILES string of the molecule is Cc1ccc(NC(=S)N([C@H]2CS(=O)(=O)C[C@@H]2O)N(C)C)cc1. The number of hydrogen-bond donors (Lipinski definition) is 2. The first kappa shape index (κ1) is 17.1. The van der Waals surface area contributed by atoms with Gasteiger partial charge in [-0.1, -0.05) is 17.7 Å². The number of rotatable bonds is 3. The number of aryl methyl sites for hydroxylation is 1. The summed E-state index contributed by atoms with van der Waals surface area (Å²) in [5.74, 6) is -0.336. The number of nitrogens with zero attached hydrogens (tertiary/aromatic N) is 2. The molecule has 1 aromatic rings. The van der Waals surface area contributed by atoms with Crippen LogP contribution in [0.2, 0.25) is 0 Å². The third-order valence-electron chi connectivity index (χ3n) is 3.55. The fourth-order valence-electron chi connectivity index (χ4n) is 2.49. The van der Waals surface area contributed by atoms with E-state index >= 15 is 0 Å². The average molecular weight is 343 g/mol. The van der Waals surface area contributed by atoms with Crippen molar-refractivity contribution < 1.29 is 13.5 Å². The number of sulfone groups is 1. The van der Waals surface area contributed by atoms with E-state index in [4.69, 9.17) is 12.2 Å². The molecular weight excluding hydrogens is 322 g/mol. The maximum Gasteiger partial charge on any atom is 0.188 e. The van der Waals surface area contributed by atoms with E-state index in [1.807, 2.05) is 31.2 Å². The molecule has 122 valence electrons. The molecule has 0 saturated carbocycles. The number of thiocarbonyl (C=S) groups is 1. The molecule has 6 nitrogen and oxygen atoms in total. The molecule has 2 rings (SSSR count). The maximum absolute atomic E-state index is 11.7. The normalized spacial score (nSPS) is 23.5. The highest BCUT2D eigenvalue weighted by Crippen LogP contribution is 2.21. The molecule has 0 unspecified atom stereocenters. The van der Waals surface area contributed by atoms with E-state index in [9.17, 15) is 13.5 Å². The summed E-state index contributed by atoms with van der Waals surface area (Å²) < 4.78 is 23.5. The molecule has 2 N–H and O–H groups in total. The fourth-order valence-corrected chi connectivity index (χ4v) is 4.67. The van der Waals surface area contributed by atoms with Crippen molar-refractivity contribution in [2.75, 3.05) is 30.9 Å². The van der Waals surface area contributed by atoms with Crippen molar-refractivity contribution in [3.8, 4) is 0 Å². The van der Waals surface area contributed by atoms with Crippen LogP contribution in [0.3, 0.4) is 0 Å². The van der Waals surface area contributed by atoms with Crippen molar-refractivity contribution in [1.82, 2.24) is 10.0 Å². The highest BCUT2D eigenvalue weighted by atomic mass is 32.2. The van der Waals surface area contributed by atoms with Gasteiger partial charge in [-0.15, -0.1) is 0 Å². The minimum atomic E-state index is -3.24. The predicted molar refractivity (Wildman–Crippen MR) is 91.4 cm³/mol. The van der Waals surface area contributed by atoms with Crippen molar-refractivity contribution in [1.29, 1.82) is 0 Å². The van der Waals surface area contributed by atoms with Crippen LogP contribution >= 0.6 is 12.2 Å². The zero-order valence-electron chi connectivity index (χ0n) is 12.9. The first-order valence-corrected chi connectivity index (χ1v) is 9.15. The van der Waals surface area contributed by atoms with Gasteiger partial charge < -0.3 is 10.4 Å². The number of hydrogen-bond acceptors (Lipinski definition) is 5. The van der Waals surface area contributed by atoms with Crippen LogP contribution in [0.4, 0.5) is 5.69 Å². The molecule has 0 bridgehead atoms. The number of anilines is 1. The van der Waals surface area contributed by atoms with E-state index in [0.717, 1.165) is 11.3 Å². The molecule has 1 fully saturated rings. The van der Waals surface area contributed by atoms with Crippen LogP contribution in [-0.2, 0) is 9.84 Å². The van der Waals surface area contributed by atoms with Crippen molar-refractivity contribution in [2.45, 2.75) is 19.1 Å². The van der Waals surface area contributed by atoms with Crippen LogP contribution in [0.15, 0.2) is 24.3 Å². The molecule has 1 aromatic carbocycles. The van der Waals surface area contributed by atoms with Crippen molar-refractivity contribution in [2.24, 2.45) is 0 Å². The second-order valence-corrected chi connectivity index (χ2v) is 8.24. The van der Waals surface area contributed by atoms with Gasteiger partial charge in [0.05, 0.1) is 23.7 Å². The molecule has 0 radical (unpaired) electrons. The van der Waals surface area contributed by atoms with Gasteiger partial charge in [-0.05, 0) is 31.3 Å². The minimum absolute atomic E-state index is 0.109. The molecule has 1 aliphatic heterocycles. The average Bonchev–Trinajstić information content (AvgIpc) is 2.65. The Kier molecular flexibility index (Phi) is 5.06. The van der Waals surface area contributed by atoms with E-state index in [0.29, 0.717) is 5.11 Å². The smallest absolute Gasteiger partial charge is 0.188 e. The monoisotopic (exact) mass is 343 g/mol. The predicted octanol–water partition coefficient (Wildman–Crippen LogP) is 0.628. The molecule has 0 spiro atoms. The molecule has 8 heteroatoms. The van der Waals surface area contributed by atoms with Crippen LogP contribution in [-0.4, -0.2) is 66.4 Å². The molecule has 2 atom stereocenters. The second kappa shape index (κ2) is 6.49. The van der Waals surface area contributed by atoms with Gasteiger partial charge in [-0.25, -0.2) is 13.4 Å². The third-order valence-corrected chi connectivity index (χ3v) is 5.54. The number of aliphatic hydroxyl groups is 1. The van der Waals surface area contributed by atoms with Crippen LogP contribution < -0.4 is 5.32 Å². The zero-order valence-corrected chi connectivity index (χ0v) is 14.5. The lowest BCUT2D eigenvalue weighted by atomic mass is 10.2. The van der Waals surface area contributed by atoms with E-state index in [2.05, 4.69) is 5.32 Å². The lowest BCUT2D eigenvalue weighted by Crippen LogP contribution is -2.54. The van der Waals surface area contributed by atoms with Crippen molar-refractivity contribution >= 4 is 32.9 Å². The second-order valence-electron chi connectivity index (χ2n) is 5.70. The lowest BCUT2D eigenvalue weighted by molar-refractivity contribution is 0.0165. The largest absolute Gasteiger partial charge is 0.390 e. The summed E-state index contributed by atoms with van der Waals surface area (Å²) in [5.41, 5.74) is 1.95. The summed E-state index contributed by atoms with van der Waals surface area (Å²) in [6, 6.07) is 7.14. The van der Waals surface area contributed by atoms with Crippen LogP contribution in [0, 0.1) is 6.92 Å². The van der Waals surface area contributed by atoms with Crippen molar-refractivity contribution in [3.05, 3.63) is 29.8 Å². The number of benzene rings is 1. The standard InChI is InChI=1S/C14H21N3O3S2/c1-10-4-6-11(7-5-10)15-14(21)17(16(2)3)12-8-22(19,20)9-13(12)18/h4-7,12-13,18H,8-9H2,1-3H3,(H,15,21)/t12-,13-/m0/s1. The van der Waals surface area contributed by atoms with E-state index in [1.165, 1.54) is 0 Å². The summed E-state index contributed by atoms with van der Waals surface area (Å²) in [5, 5.41) is 16.8. The first-order valence-electron chi connectivity index (χ1n) is 6.92. The van der Waals surface area contributed by atoms with Crippen LogP contribution in [0.5, 0.6) is 0 Å². The van der Waals surface area contributed by atoms with E-state index in [-0.39, 0.29) is 11.5 Å². The third kappa shape index (κ3) is 3.95. The Morgan fingerprint density at radius 2 is 1.86 bits per heavy atom. The zero-order chi connectivity index (χ0) is 16.5. The molecule has 0 aliphatic carbocycles. The van der Waals surface area contributed by atoms with Gasteiger partial charge >= 0.3 is 0 Å². The fraction of sp³-hybridized carbons (Fsp3) is 0.500. The van der Waals surface area contributed by atoms with Gasteiger partial charge in [0.15, 0.2) is 14.9 Å².